The molecule has 1 amide bonds. The highest BCUT2D eigenvalue weighted by molar-refractivity contribution is 6.32. The Kier molecular flexibility index (Phi) is 3.68. The molecular formula is C16H14ClNO4. The fourth-order valence-corrected chi connectivity index (χ4v) is 2.92. The number of phenolic OH excluding ortho intramolecular Hbond substituents is 2. The van der Waals surface area contributed by atoms with Crippen molar-refractivity contribution in [2.75, 3.05) is 6.61 Å². The minimum Gasteiger partial charge on any atom is -0.507 e. The Morgan fingerprint density at radius 3 is 2.68 bits per heavy atom. The van der Waals surface area contributed by atoms with Crippen LogP contribution in [0.15, 0.2) is 36.4 Å². The summed E-state index contributed by atoms with van der Waals surface area (Å²) in [7, 11) is 0. The minimum atomic E-state index is -0.462. The molecular weight excluding hydrogens is 306 g/mol. The van der Waals surface area contributed by atoms with E-state index >= 15 is 0 Å². The number of hydrogen-bond donors (Lipinski definition) is 3. The summed E-state index contributed by atoms with van der Waals surface area (Å²) in [5, 5.41) is 29.0. The molecule has 0 aromatic heterocycles. The number of aromatic hydroxyl groups is 2. The lowest BCUT2D eigenvalue weighted by molar-refractivity contribution is 0.0613. The molecule has 2 aromatic rings. The number of rotatable bonds is 2. The van der Waals surface area contributed by atoms with Crippen LogP contribution in [0, 0.1) is 0 Å². The van der Waals surface area contributed by atoms with Crippen LogP contribution in [0.25, 0.3) is 0 Å². The highest BCUT2D eigenvalue weighted by Crippen LogP contribution is 2.37. The molecule has 1 atom stereocenters. The molecule has 114 valence electrons. The average molecular weight is 320 g/mol. The summed E-state index contributed by atoms with van der Waals surface area (Å²) >= 11 is 5.81. The molecule has 22 heavy (non-hydrogen) atoms. The van der Waals surface area contributed by atoms with Crippen molar-refractivity contribution in [3.63, 3.8) is 0 Å². The molecule has 3 N–H and O–H groups in total. The van der Waals surface area contributed by atoms with Crippen LogP contribution in [0.4, 0.5) is 0 Å². The summed E-state index contributed by atoms with van der Waals surface area (Å²) in [5.74, 6) is -1.09. The molecule has 0 fully saturated rings. The van der Waals surface area contributed by atoms with E-state index < -0.39 is 11.9 Å². The van der Waals surface area contributed by atoms with E-state index in [9.17, 15) is 20.1 Å². The third-order valence-corrected chi connectivity index (χ3v) is 4.16. The number of benzene rings is 2. The first-order chi connectivity index (χ1) is 10.5. The number of phenols is 2. The Labute approximate surface area is 132 Å². The largest absolute Gasteiger partial charge is 0.507 e. The molecule has 1 aliphatic heterocycles. The molecule has 0 saturated heterocycles. The molecule has 3 rings (SSSR count). The van der Waals surface area contributed by atoms with Gasteiger partial charge in [0.15, 0.2) is 0 Å². The number of hydrogen-bond acceptors (Lipinski definition) is 4. The molecule has 0 saturated carbocycles. The molecule has 1 heterocycles. The van der Waals surface area contributed by atoms with Crippen molar-refractivity contribution in [2.45, 2.75) is 12.6 Å². The smallest absolute Gasteiger partial charge is 0.258 e. The number of aliphatic hydroxyl groups is 1. The van der Waals surface area contributed by atoms with E-state index in [0.29, 0.717) is 6.54 Å². The summed E-state index contributed by atoms with van der Waals surface area (Å²) in [6.45, 7) is 0.132. The van der Waals surface area contributed by atoms with E-state index in [-0.39, 0.29) is 28.7 Å². The van der Waals surface area contributed by atoms with Crippen LogP contribution in [0.2, 0.25) is 5.02 Å². The van der Waals surface area contributed by atoms with Gasteiger partial charge in [-0.15, -0.1) is 0 Å². The van der Waals surface area contributed by atoms with Gasteiger partial charge < -0.3 is 20.2 Å². The molecule has 2 aromatic carbocycles. The number of halogens is 1. The Bertz CT molecular complexity index is 747. The average Bonchev–Trinajstić information content (AvgIpc) is 2.88. The Morgan fingerprint density at radius 2 is 1.95 bits per heavy atom. The fourth-order valence-electron chi connectivity index (χ4n) is 2.75. The van der Waals surface area contributed by atoms with E-state index in [1.165, 1.54) is 11.0 Å². The van der Waals surface area contributed by atoms with Crippen molar-refractivity contribution >= 4 is 17.5 Å². The van der Waals surface area contributed by atoms with Crippen molar-refractivity contribution in [3.8, 4) is 11.5 Å². The third-order valence-electron chi connectivity index (χ3n) is 3.86. The van der Waals surface area contributed by atoms with Crippen molar-refractivity contribution in [1.29, 1.82) is 0 Å². The first kappa shape index (κ1) is 14.7. The summed E-state index contributed by atoms with van der Waals surface area (Å²) < 4.78 is 0. The molecule has 5 nitrogen and oxygen atoms in total. The quantitative estimate of drug-likeness (QED) is 0.794. The van der Waals surface area contributed by atoms with E-state index in [4.69, 9.17) is 11.6 Å². The van der Waals surface area contributed by atoms with Crippen LogP contribution in [0.1, 0.15) is 27.5 Å². The highest BCUT2D eigenvalue weighted by Gasteiger charge is 2.34. The maximum absolute atomic E-state index is 12.7. The number of carbonyl (C=O) groups is 1. The zero-order chi connectivity index (χ0) is 15.9. The Morgan fingerprint density at radius 1 is 1.23 bits per heavy atom. The predicted molar refractivity (Wildman–Crippen MR) is 80.9 cm³/mol. The van der Waals surface area contributed by atoms with Gasteiger partial charge in [0, 0.05) is 12.6 Å². The van der Waals surface area contributed by atoms with Crippen molar-refractivity contribution in [3.05, 3.63) is 58.1 Å². The van der Waals surface area contributed by atoms with Gasteiger partial charge in [0.2, 0.25) is 0 Å². The van der Waals surface area contributed by atoms with Gasteiger partial charge >= 0.3 is 0 Å². The van der Waals surface area contributed by atoms with Crippen LogP contribution >= 0.6 is 11.6 Å². The number of carbonyl (C=O) groups excluding carboxylic acids is 1. The molecule has 6 heteroatoms. The van der Waals surface area contributed by atoms with Gasteiger partial charge in [0.25, 0.3) is 5.91 Å². The second-order valence-corrected chi connectivity index (χ2v) is 5.56. The van der Waals surface area contributed by atoms with Crippen molar-refractivity contribution in [1.82, 2.24) is 4.90 Å². The lowest BCUT2D eigenvalue weighted by Gasteiger charge is -2.24. The van der Waals surface area contributed by atoms with Crippen molar-refractivity contribution < 1.29 is 20.1 Å². The van der Waals surface area contributed by atoms with E-state index in [1.54, 1.807) is 0 Å². The maximum atomic E-state index is 12.7. The standard InChI is InChI=1S/C16H14ClNO4/c17-12-5-11(14(20)6-15(12)21)16(22)18-7-9-3-1-2-4-10(9)13(18)8-19/h1-6,13,19-21H,7-8H2. The molecule has 0 aliphatic carbocycles. The number of fused-ring (bicyclic) bond motifs is 1. The topological polar surface area (TPSA) is 81.0 Å². The van der Waals surface area contributed by atoms with Crippen molar-refractivity contribution in [2.24, 2.45) is 0 Å². The molecule has 0 spiro atoms. The lowest BCUT2D eigenvalue weighted by atomic mass is 10.1. The van der Waals surface area contributed by atoms with Gasteiger partial charge in [-0.05, 0) is 17.2 Å². The molecule has 0 bridgehead atoms. The molecule has 0 radical (unpaired) electrons. The summed E-state index contributed by atoms with van der Waals surface area (Å²) in [4.78, 5) is 14.2. The van der Waals surface area contributed by atoms with E-state index in [2.05, 4.69) is 0 Å². The third kappa shape index (κ3) is 2.28. The number of aliphatic hydroxyl groups excluding tert-OH is 1. The SMILES string of the molecule is O=C(c1cc(Cl)c(O)cc1O)N1Cc2ccccc2C1CO. The van der Waals surface area contributed by atoms with E-state index in [1.807, 2.05) is 24.3 Å². The van der Waals surface area contributed by atoms with Crippen LogP contribution in [0.5, 0.6) is 11.5 Å². The predicted octanol–water partition coefficient (Wildman–Crippen LogP) is 2.44. The summed E-state index contributed by atoms with van der Waals surface area (Å²) in [5.41, 5.74) is 1.84. The Balaban J connectivity index is 1.99. The van der Waals surface area contributed by atoms with Crippen LogP contribution in [0.3, 0.4) is 0 Å². The zero-order valence-electron chi connectivity index (χ0n) is 11.5. The van der Waals surface area contributed by atoms with Gasteiger partial charge in [-0.1, -0.05) is 35.9 Å². The minimum absolute atomic E-state index is 0.00550. The lowest BCUT2D eigenvalue weighted by Crippen LogP contribution is -2.31. The van der Waals surface area contributed by atoms with Gasteiger partial charge in [-0.3, -0.25) is 4.79 Å². The number of amides is 1. The first-order valence-corrected chi connectivity index (χ1v) is 7.12. The van der Waals surface area contributed by atoms with Gasteiger partial charge in [-0.2, -0.15) is 0 Å². The van der Waals surface area contributed by atoms with E-state index in [0.717, 1.165) is 17.2 Å². The maximum Gasteiger partial charge on any atom is 0.258 e. The first-order valence-electron chi connectivity index (χ1n) is 6.74. The second kappa shape index (κ2) is 5.51. The second-order valence-electron chi connectivity index (χ2n) is 5.15. The van der Waals surface area contributed by atoms with Crippen LogP contribution in [-0.4, -0.2) is 32.7 Å². The van der Waals surface area contributed by atoms with Gasteiger partial charge in [0.1, 0.15) is 11.5 Å². The molecule has 1 aliphatic rings. The van der Waals surface area contributed by atoms with Crippen LogP contribution in [-0.2, 0) is 6.54 Å². The number of nitrogens with zero attached hydrogens (tertiary/aromatic N) is 1. The summed E-state index contributed by atoms with van der Waals surface area (Å²) in [6.07, 6.45) is 0. The van der Waals surface area contributed by atoms with Crippen LogP contribution < -0.4 is 0 Å². The monoisotopic (exact) mass is 319 g/mol. The highest BCUT2D eigenvalue weighted by atomic mass is 35.5. The summed E-state index contributed by atoms with van der Waals surface area (Å²) in [6, 6.07) is 9.29. The fraction of sp³-hybridized carbons (Fsp3) is 0.188. The molecule has 1 unspecified atom stereocenters. The van der Waals surface area contributed by atoms with Gasteiger partial charge in [0.05, 0.1) is 23.2 Å². The Hall–Kier alpha value is -2.24. The van der Waals surface area contributed by atoms with Gasteiger partial charge in [-0.25, -0.2) is 0 Å². The normalized spacial score (nSPS) is 16.6. The zero-order valence-corrected chi connectivity index (χ0v) is 12.3.